The van der Waals surface area contributed by atoms with E-state index in [1.165, 1.54) is 9.25 Å². The SMILES string of the molecule is Cc1cc(C)n(C(=O)c2ccc(-c3nc4cccnc4n3C(=O)c3ccc(Cl)cc3)cc2)n1. The number of carbonyl (C=O) groups is 2. The summed E-state index contributed by atoms with van der Waals surface area (Å²) in [6.45, 7) is 3.68. The van der Waals surface area contributed by atoms with Crippen molar-refractivity contribution in [1.82, 2.24) is 24.3 Å². The van der Waals surface area contributed by atoms with Crippen molar-refractivity contribution in [3.05, 3.63) is 100 Å². The molecule has 162 valence electrons. The molecule has 5 rings (SSSR count). The Morgan fingerprint density at radius 2 is 1.55 bits per heavy atom. The summed E-state index contributed by atoms with van der Waals surface area (Å²) in [5, 5.41) is 4.81. The van der Waals surface area contributed by atoms with Crippen molar-refractivity contribution in [3.63, 3.8) is 0 Å². The Labute approximate surface area is 194 Å². The van der Waals surface area contributed by atoms with Gasteiger partial charge in [-0.25, -0.2) is 19.2 Å². The van der Waals surface area contributed by atoms with Crippen molar-refractivity contribution in [2.24, 2.45) is 0 Å². The quantitative estimate of drug-likeness (QED) is 0.384. The molecule has 3 heterocycles. The summed E-state index contributed by atoms with van der Waals surface area (Å²) < 4.78 is 2.87. The van der Waals surface area contributed by atoms with E-state index in [0.717, 1.165) is 11.4 Å². The van der Waals surface area contributed by atoms with Gasteiger partial charge in [-0.2, -0.15) is 5.10 Å². The molecular formula is C25H18ClN5O2. The summed E-state index contributed by atoms with van der Waals surface area (Å²) in [6.07, 6.45) is 1.62. The van der Waals surface area contributed by atoms with Crippen molar-refractivity contribution in [2.75, 3.05) is 0 Å². The van der Waals surface area contributed by atoms with Gasteiger partial charge >= 0.3 is 0 Å². The van der Waals surface area contributed by atoms with Gasteiger partial charge in [0.1, 0.15) is 11.3 Å². The standard InChI is InChI=1S/C25H18ClN5O2/c1-15-14-16(2)31(29-15)25(33)19-7-5-17(6-8-19)22-28-21-4-3-13-27-23(21)30(22)24(32)18-9-11-20(26)12-10-18/h3-14H,1-2H3. The summed E-state index contributed by atoms with van der Waals surface area (Å²) in [5.74, 6) is -0.0565. The van der Waals surface area contributed by atoms with Crippen LogP contribution in [0.4, 0.5) is 0 Å². The fourth-order valence-electron chi connectivity index (χ4n) is 3.74. The van der Waals surface area contributed by atoms with E-state index in [1.807, 2.05) is 19.9 Å². The van der Waals surface area contributed by atoms with Gasteiger partial charge in [0.15, 0.2) is 5.65 Å². The van der Waals surface area contributed by atoms with Crippen LogP contribution in [0.5, 0.6) is 0 Å². The molecular weight excluding hydrogens is 438 g/mol. The first kappa shape index (κ1) is 20.8. The van der Waals surface area contributed by atoms with Crippen LogP contribution < -0.4 is 0 Å². The molecule has 8 heteroatoms. The molecule has 33 heavy (non-hydrogen) atoms. The van der Waals surface area contributed by atoms with Gasteiger partial charge in [-0.3, -0.25) is 9.59 Å². The van der Waals surface area contributed by atoms with E-state index in [0.29, 0.717) is 38.7 Å². The Morgan fingerprint density at radius 1 is 0.879 bits per heavy atom. The predicted molar refractivity (Wildman–Crippen MR) is 126 cm³/mol. The van der Waals surface area contributed by atoms with Crippen molar-refractivity contribution < 1.29 is 9.59 Å². The lowest BCUT2D eigenvalue weighted by Crippen LogP contribution is -2.15. The number of rotatable bonds is 3. The number of fused-ring (bicyclic) bond motifs is 1. The molecule has 7 nitrogen and oxygen atoms in total. The summed E-state index contributed by atoms with van der Waals surface area (Å²) in [4.78, 5) is 35.3. The molecule has 0 amide bonds. The van der Waals surface area contributed by atoms with E-state index < -0.39 is 0 Å². The van der Waals surface area contributed by atoms with Crippen LogP contribution in [0.25, 0.3) is 22.6 Å². The second kappa shape index (κ2) is 8.11. The zero-order chi connectivity index (χ0) is 23.1. The zero-order valence-electron chi connectivity index (χ0n) is 17.9. The van der Waals surface area contributed by atoms with Crippen LogP contribution in [-0.2, 0) is 0 Å². The van der Waals surface area contributed by atoms with E-state index in [9.17, 15) is 9.59 Å². The molecule has 0 radical (unpaired) electrons. The van der Waals surface area contributed by atoms with Gasteiger partial charge in [0.05, 0.1) is 5.69 Å². The lowest BCUT2D eigenvalue weighted by atomic mass is 10.1. The lowest BCUT2D eigenvalue weighted by Gasteiger charge is -2.09. The molecule has 0 unspecified atom stereocenters. The van der Waals surface area contributed by atoms with E-state index in [2.05, 4.69) is 15.1 Å². The highest BCUT2D eigenvalue weighted by Crippen LogP contribution is 2.26. The van der Waals surface area contributed by atoms with Gasteiger partial charge in [-0.15, -0.1) is 0 Å². The average Bonchev–Trinajstić information content (AvgIpc) is 3.38. The fraction of sp³-hybridized carbons (Fsp3) is 0.0800. The molecule has 5 aromatic rings. The van der Waals surface area contributed by atoms with Crippen LogP contribution in [0, 0.1) is 13.8 Å². The van der Waals surface area contributed by atoms with E-state index in [1.54, 1.807) is 66.9 Å². The van der Waals surface area contributed by atoms with E-state index in [4.69, 9.17) is 11.6 Å². The van der Waals surface area contributed by atoms with Gasteiger partial charge in [-0.05, 0) is 68.4 Å². The monoisotopic (exact) mass is 455 g/mol. The number of imidazole rings is 1. The topological polar surface area (TPSA) is 82.7 Å². The minimum absolute atomic E-state index is 0.223. The number of aryl methyl sites for hydroxylation is 2. The third-order valence-corrected chi connectivity index (χ3v) is 5.55. The maximum absolute atomic E-state index is 13.4. The molecule has 0 spiro atoms. The third-order valence-electron chi connectivity index (χ3n) is 5.30. The molecule has 0 N–H and O–H groups in total. The third kappa shape index (κ3) is 3.72. The maximum atomic E-state index is 13.4. The number of benzene rings is 2. The van der Waals surface area contributed by atoms with E-state index in [-0.39, 0.29) is 11.8 Å². The Morgan fingerprint density at radius 3 is 2.21 bits per heavy atom. The number of carbonyl (C=O) groups excluding carboxylic acids is 2. The minimum Gasteiger partial charge on any atom is -0.268 e. The number of hydrogen-bond donors (Lipinski definition) is 0. The molecule has 0 atom stereocenters. The van der Waals surface area contributed by atoms with Crippen LogP contribution in [0.3, 0.4) is 0 Å². The van der Waals surface area contributed by atoms with Crippen molar-refractivity contribution in [2.45, 2.75) is 13.8 Å². The normalized spacial score (nSPS) is 11.1. The Bertz CT molecular complexity index is 1520. The van der Waals surface area contributed by atoms with Crippen LogP contribution in [0.15, 0.2) is 72.9 Å². The number of pyridine rings is 1. The summed E-state index contributed by atoms with van der Waals surface area (Å²) in [7, 11) is 0. The maximum Gasteiger partial charge on any atom is 0.278 e. The average molecular weight is 456 g/mol. The molecule has 0 bridgehead atoms. The van der Waals surface area contributed by atoms with Crippen LogP contribution in [0.1, 0.15) is 32.1 Å². The highest BCUT2D eigenvalue weighted by atomic mass is 35.5. The first-order chi connectivity index (χ1) is 15.9. The molecule has 0 fully saturated rings. The Hall–Kier alpha value is -4.10. The van der Waals surface area contributed by atoms with Crippen molar-refractivity contribution >= 4 is 34.6 Å². The van der Waals surface area contributed by atoms with Crippen LogP contribution in [0.2, 0.25) is 5.02 Å². The number of halogens is 1. The van der Waals surface area contributed by atoms with Gasteiger partial charge in [0.25, 0.3) is 11.8 Å². The largest absolute Gasteiger partial charge is 0.278 e. The van der Waals surface area contributed by atoms with Gasteiger partial charge in [0, 0.05) is 33.6 Å². The second-order valence-corrected chi connectivity index (χ2v) is 8.09. The van der Waals surface area contributed by atoms with Crippen molar-refractivity contribution in [3.8, 4) is 11.4 Å². The zero-order valence-corrected chi connectivity index (χ0v) is 18.6. The highest BCUT2D eigenvalue weighted by Gasteiger charge is 2.21. The molecule has 0 aliphatic heterocycles. The summed E-state index contributed by atoms with van der Waals surface area (Å²) >= 11 is 5.98. The summed E-state index contributed by atoms with van der Waals surface area (Å²) in [6, 6.07) is 19.0. The number of nitrogens with zero attached hydrogens (tertiary/aromatic N) is 5. The van der Waals surface area contributed by atoms with E-state index >= 15 is 0 Å². The number of hydrogen-bond acceptors (Lipinski definition) is 5. The van der Waals surface area contributed by atoms with Gasteiger partial charge in [0.2, 0.25) is 0 Å². The highest BCUT2D eigenvalue weighted by molar-refractivity contribution is 6.30. The number of aromatic nitrogens is 5. The molecule has 2 aromatic carbocycles. The fourth-order valence-corrected chi connectivity index (χ4v) is 3.86. The lowest BCUT2D eigenvalue weighted by molar-refractivity contribution is 0.0939. The van der Waals surface area contributed by atoms with Gasteiger partial charge < -0.3 is 0 Å². The van der Waals surface area contributed by atoms with Crippen LogP contribution >= 0.6 is 11.6 Å². The smallest absolute Gasteiger partial charge is 0.268 e. The minimum atomic E-state index is -0.273. The second-order valence-electron chi connectivity index (χ2n) is 7.65. The van der Waals surface area contributed by atoms with Crippen molar-refractivity contribution in [1.29, 1.82) is 0 Å². The Balaban J connectivity index is 1.58. The molecule has 0 saturated carbocycles. The first-order valence-corrected chi connectivity index (χ1v) is 10.6. The Kier molecular flexibility index (Phi) is 5.11. The first-order valence-electron chi connectivity index (χ1n) is 10.2. The molecule has 0 aliphatic carbocycles. The predicted octanol–water partition coefficient (Wildman–Crippen LogP) is 4.94. The molecule has 0 aliphatic rings. The summed E-state index contributed by atoms with van der Waals surface area (Å²) in [5.41, 5.74) is 4.21. The van der Waals surface area contributed by atoms with Crippen LogP contribution in [-0.4, -0.2) is 36.1 Å². The van der Waals surface area contributed by atoms with Gasteiger partial charge in [-0.1, -0.05) is 23.7 Å². The molecule has 3 aromatic heterocycles. The molecule has 0 saturated heterocycles.